The zero-order valence-corrected chi connectivity index (χ0v) is 20.7. The van der Waals surface area contributed by atoms with Gasteiger partial charge in [0.15, 0.2) is 5.02 Å². The summed E-state index contributed by atoms with van der Waals surface area (Å²) in [5, 5.41) is 9.73. The van der Waals surface area contributed by atoms with E-state index < -0.39 is 22.8 Å². The summed E-state index contributed by atoms with van der Waals surface area (Å²) in [7, 11) is 0. The Morgan fingerprint density at radius 1 is 1.22 bits per heavy atom. The molecule has 1 amide bonds. The first kappa shape index (κ1) is 25.8. The van der Waals surface area contributed by atoms with Crippen molar-refractivity contribution < 1.29 is 23.4 Å². The molecule has 0 spiro atoms. The highest BCUT2D eigenvalue weighted by Crippen LogP contribution is 2.25. The summed E-state index contributed by atoms with van der Waals surface area (Å²) in [4.78, 5) is 31.3. The molecule has 0 saturated heterocycles. The number of ether oxygens (including phenoxy) is 1. The van der Waals surface area contributed by atoms with Gasteiger partial charge in [-0.15, -0.1) is 0 Å². The van der Waals surface area contributed by atoms with Crippen molar-refractivity contribution in [3.63, 3.8) is 0 Å². The average molecular weight is 518 g/mol. The Labute approximate surface area is 211 Å². The Morgan fingerprint density at radius 3 is 2.72 bits per heavy atom. The molecule has 36 heavy (non-hydrogen) atoms. The van der Waals surface area contributed by atoms with E-state index in [-0.39, 0.29) is 41.9 Å². The maximum atomic E-state index is 13.8. The van der Waals surface area contributed by atoms with Crippen LogP contribution >= 0.6 is 11.6 Å². The number of halogens is 3. The van der Waals surface area contributed by atoms with Crippen LogP contribution in [0.4, 0.5) is 8.78 Å². The number of hydrogen-bond donors (Lipinski definition) is 1. The van der Waals surface area contributed by atoms with E-state index in [1.54, 1.807) is 18.7 Å². The monoisotopic (exact) mass is 517 g/mol. The van der Waals surface area contributed by atoms with Crippen LogP contribution in [0.2, 0.25) is 5.02 Å². The topological polar surface area (TPSA) is 84.7 Å². The molecule has 3 aromatic rings. The van der Waals surface area contributed by atoms with Crippen LogP contribution in [0.15, 0.2) is 47.5 Å². The number of nitrogens with zero attached hydrogens (tertiary/aromatic N) is 3. The number of aliphatic hydroxyl groups is 1. The lowest BCUT2D eigenvalue weighted by molar-refractivity contribution is -0.136. The molecule has 0 radical (unpaired) electrons. The minimum Gasteiger partial charge on any atom is -0.471 e. The summed E-state index contributed by atoms with van der Waals surface area (Å²) in [6.45, 7) is 4.11. The SMILES string of the molecule is CC(C)(O)CC(=O)N1CCc2c(cccc2Cn2cnc(OCc3ccc(F)cc3F)c(Cl)c2=O)C1. The number of amides is 1. The standard InChI is InChI=1S/C26H26ClF2N3O4/c1-26(2,35)11-22(33)31-9-8-20-16(12-31)4-3-5-17(20)13-32-15-30-24(23(27)25(32)34)36-14-18-6-7-19(28)10-21(18)29/h3-7,10,15,35H,8-9,11-14H2,1-2H3. The smallest absolute Gasteiger partial charge is 0.276 e. The third-order valence-corrected chi connectivity index (χ3v) is 6.29. The molecule has 190 valence electrons. The molecule has 0 unspecified atom stereocenters. The lowest BCUT2D eigenvalue weighted by Crippen LogP contribution is -2.40. The molecule has 0 aliphatic carbocycles. The van der Waals surface area contributed by atoms with Crippen LogP contribution in [0.1, 0.15) is 42.5 Å². The minimum atomic E-state index is -1.07. The molecule has 0 saturated carbocycles. The highest BCUT2D eigenvalue weighted by Gasteiger charge is 2.26. The molecular weight excluding hydrogens is 492 g/mol. The maximum Gasteiger partial charge on any atom is 0.276 e. The molecule has 2 aromatic carbocycles. The molecule has 7 nitrogen and oxygen atoms in total. The highest BCUT2D eigenvalue weighted by molar-refractivity contribution is 6.31. The lowest BCUT2D eigenvalue weighted by Gasteiger charge is -2.32. The van der Waals surface area contributed by atoms with Crippen molar-refractivity contribution >= 4 is 17.5 Å². The van der Waals surface area contributed by atoms with Crippen molar-refractivity contribution in [1.82, 2.24) is 14.5 Å². The van der Waals surface area contributed by atoms with Crippen molar-refractivity contribution in [2.45, 2.75) is 52.0 Å². The third kappa shape index (κ3) is 5.91. The average Bonchev–Trinajstić information content (AvgIpc) is 2.81. The molecule has 4 rings (SSSR count). The van der Waals surface area contributed by atoms with E-state index in [1.165, 1.54) is 17.0 Å². The van der Waals surface area contributed by atoms with Gasteiger partial charge in [0.25, 0.3) is 5.56 Å². The van der Waals surface area contributed by atoms with Gasteiger partial charge >= 0.3 is 0 Å². The molecule has 1 aliphatic heterocycles. The van der Waals surface area contributed by atoms with Crippen LogP contribution in [0, 0.1) is 11.6 Å². The molecule has 0 atom stereocenters. The van der Waals surface area contributed by atoms with E-state index in [0.29, 0.717) is 19.5 Å². The predicted molar refractivity (Wildman–Crippen MR) is 130 cm³/mol. The van der Waals surface area contributed by atoms with Crippen molar-refractivity contribution in [2.75, 3.05) is 6.54 Å². The summed E-state index contributed by atoms with van der Waals surface area (Å²) < 4.78 is 33.7. The molecule has 1 aromatic heterocycles. The Balaban J connectivity index is 1.48. The number of fused-ring (bicyclic) bond motifs is 1. The predicted octanol–water partition coefficient (Wildman–Crippen LogP) is 3.85. The zero-order chi connectivity index (χ0) is 26.0. The van der Waals surface area contributed by atoms with E-state index in [9.17, 15) is 23.5 Å². The first-order chi connectivity index (χ1) is 17.0. The lowest BCUT2D eigenvalue weighted by atomic mass is 9.93. The third-order valence-electron chi connectivity index (χ3n) is 5.97. The van der Waals surface area contributed by atoms with Gasteiger partial charge in [-0.3, -0.25) is 14.2 Å². The summed E-state index contributed by atoms with van der Waals surface area (Å²) in [5.41, 5.74) is 1.46. The van der Waals surface area contributed by atoms with Gasteiger partial charge in [0.1, 0.15) is 24.6 Å². The van der Waals surface area contributed by atoms with Crippen LogP contribution in [-0.4, -0.2) is 37.6 Å². The Bertz CT molecular complexity index is 1350. The van der Waals surface area contributed by atoms with Crippen LogP contribution in [0.5, 0.6) is 5.88 Å². The number of rotatable bonds is 7. The van der Waals surface area contributed by atoms with E-state index in [2.05, 4.69) is 4.98 Å². The first-order valence-electron chi connectivity index (χ1n) is 11.4. The van der Waals surface area contributed by atoms with Gasteiger partial charge in [-0.2, -0.15) is 0 Å². The highest BCUT2D eigenvalue weighted by atomic mass is 35.5. The van der Waals surface area contributed by atoms with Crippen molar-refractivity contribution in [1.29, 1.82) is 0 Å². The van der Waals surface area contributed by atoms with Gasteiger partial charge in [0.05, 0.1) is 18.6 Å². The largest absolute Gasteiger partial charge is 0.471 e. The van der Waals surface area contributed by atoms with Crippen LogP contribution in [-0.2, 0) is 30.9 Å². The molecule has 0 fully saturated rings. The second-order valence-electron chi connectivity index (χ2n) is 9.43. The second kappa shape index (κ2) is 10.4. The fourth-order valence-electron chi connectivity index (χ4n) is 4.16. The van der Waals surface area contributed by atoms with E-state index in [1.807, 2.05) is 18.2 Å². The summed E-state index contributed by atoms with van der Waals surface area (Å²) in [6, 6.07) is 8.83. The molecular formula is C26H26ClF2N3O4. The summed E-state index contributed by atoms with van der Waals surface area (Å²) in [5.74, 6) is -1.72. The van der Waals surface area contributed by atoms with Gasteiger partial charge in [-0.1, -0.05) is 29.8 Å². The maximum absolute atomic E-state index is 13.8. The van der Waals surface area contributed by atoms with Gasteiger partial charge in [0, 0.05) is 24.7 Å². The van der Waals surface area contributed by atoms with E-state index in [0.717, 1.165) is 28.8 Å². The van der Waals surface area contributed by atoms with Crippen LogP contribution in [0.25, 0.3) is 0 Å². The summed E-state index contributed by atoms with van der Waals surface area (Å²) in [6.07, 6.45) is 1.97. The van der Waals surface area contributed by atoms with Gasteiger partial charge in [-0.25, -0.2) is 13.8 Å². The molecule has 10 heteroatoms. The van der Waals surface area contributed by atoms with Gasteiger partial charge in [-0.05, 0) is 49.1 Å². The van der Waals surface area contributed by atoms with Crippen LogP contribution in [0.3, 0.4) is 0 Å². The summed E-state index contributed by atoms with van der Waals surface area (Å²) >= 11 is 6.21. The number of carbonyl (C=O) groups excluding carboxylic acids is 1. The van der Waals surface area contributed by atoms with Crippen LogP contribution < -0.4 is 10.3 Å². The Kier molecular flexibility index (Phi) is 7.42. The number of carbonyl (C=O) groups is 1. The molecule has 1 N–H and O–H groups in total. The first-order valence-corrected chi connectivity index (χ1v) is 11.8. The van der Waals surface area contributed by atoms with Gasteiger partial charge < -0.3 is 14.7 Å². The zero-order valence-electron chi connectivity index (χ0n) is 19.9. The van der Waals surface area contributed by atoms with Crippen molar-refractivity contribution in [3.05, 3.63) is 92.0 Å². The minimum absolute atomic E-state index is 0.0454. The fourth-order valence-corrected chi connectivity index (χ4v) is 4.37. The van der Waals surface area contributed by atoms with Crippen molar-refractivity contribution in [3.8, 4) is 5.88 Å². The Morgan fingerprint density at radius 2 is 2.00 bits per heavy atom. The quantitative estimate of drug-likeness (QED) is 0.514. The van der Waals surface area contributed by atoms with Crippen molar-refractivity contribution in [2.24, 2.45) is 0 Å². The van der Waals surface area contributed by atoms with Gasteiger partial charge in [0.2, 0.25) is 11.8 Å². The molecule has 2 heterocycles. The number of benzene rings is 2. The van der Waals surface area contributed by atoms with E-state index >= 15 is 0 Å². The fraction of sp³-hybridized carbons (Fsp3) is 0.346. The van der Waals surface area contributed by atoms with E-state index in [4.69, 9.17) is 16.3 Å². The normalized spacial score (nSPS) is 13.4. The Hall–Kier alpha value is -3.30. The molecule has 0 bridgehead atoms. The number of aromatic nitrogens is 2. The molecule has 1 aliphatic rings. The second-order valence-corrected chi connectivity index (χ2v) is 9.81. The number of hydrogen-bond acceptors (Lipinski definition) is 5.